The molecule has 1 heterocycles. The molecule has 0 aliphatic heterocycles. The second-order valence-corrected chi connectivity index (χ2v) is 4.53. The molecule has 0 atom stereocenters. The van der Waals surface area contributed by atoms with Crippen LogP contribution in [0.15, 0.2) is 28.7 Å². The van der Waals surface area contributed by atoms with Crippen molar-refractivity contribution in [2.75, 3.05) is 5.73 Å². The molecule has 15 heavy (non-hydrogen) atoms. The molecule has 0 saturated heterocycles. The van der Waals surface area contributed by atoms with Crippen molar-refractivity contribution >= 4 is 32.5 Å². The van der Waals surface area contributed by atoms with Crippen LogP contribution in [0, 0.1) is 0 Å². The van der Waals surface area contributed by atoms with Gasteiger partial charge in [0.25, 0.3) is 0 Å². The van der Waals surface area contributed by atoms with E-state index in [4.69, 9.17) is 10.5 Å². The van der Waals surface area contributed by atoms with Gasteiger partial charge in [-0.3, -0.25) is 0 Å². The number of ether oxygens (including phenoxy) is 1. The average molecular weight is 286 g/mol. The summed E-state index contributed by atoms with van der Waals surface area (Å²) in [5.74, 6) is 0.775. The van der Waals surface area contributed by atoms with Crippen molar-refractivity contribution in [2.45, 2.75) is 6.61 Å². The van der Waals surface area contributed by atoms with E-state index in [2.05, 4.69) is 25.5 Å². The molecular formula is C9H8BrN3OS. The minimum Gasteiger partial charge on any atom is -0.487 e. The highest BCUT2D eigenvalue weighted by molar-refractivity contribution is 9.10. The predicted octanol–water partition coefficient (Wildman–Crippen LogP) is 2.46. The lowest BCUT2D eigenvalue weighted by molar-refractivity contribution is 0.301. The summed E-state index contributed by atoms with van der Waals surface area (Å²) in [5.41, 5.74) is 6.32. The van der Waals surface area contributed by atoms with Crippen molar-refractivity contribution in [3.05, 3.63) is 34.4 Å². The Morgan fingerprint density at radius 1 is 1.47 bits per heavy atom. The van der Waals surface area contributed by atoms with Crippen molar-refractivity contribution in [3.8, 4) is 5.75 Å². The van der Waals surface area contributed by atoms with Crippen LogP contribution in [0.1, 0.15) is 5.69 Å². The van der Waals surface area contributed by atoms with Gasteiger partial charge in [-0.25, -0.2) is 0 Å². The molecule has 2 aromatic rings. The molecule has 78 valence electrons. The Kier molecular flexibility index (Phi) is 3.17. The maximum absolute atomic E-state index is 5.64. The normalized spacial score (nSPS) is 10.2. The van der Waals surface area contributed by atoms with Gasteiger partial charge >= 0.3 is 0 Å². The smallest absolute Gasteiger partial charge is 0.136 e. The van der Waals surface area contributed by atoms with Gasteiger partial charge in [-0.05, 0) is 18.2 Å². The van der Waals surface area contributed by atoms with E-state index in [9.17, 15) is 0 Å². The fourth-order valence-corrected chi connectivity index (χ4v) is 1.83. The summed E-state index contributed by atoms with van der Waals surface area (Å²) < 4.78 is 10.2. The minimum absolute atomic E-state index is 0.346. The van der Waals surface area contributed by atoms with Gasteiger partial charge in [0.2, 0.25) is 0 Å². The third kappa shape index (κ3) is 2.66. The van der Waals surface area contributed by atoms with Crippen LogP contribution >= 0.6 is 27.5 Å². The number of nitrogen functional groups attached to an aromatic ring is 1. The van der Waals surface area contributed by atoms with E-state index >= 15 is 0 Å². The molecule has 0 radical (unpaired) electrons. The maximum Gasteiger partial charge on any atom is 0.136 e. The molecular weight excluding hydrogens is 278 g/mol. The van der Waals surface area contributed by atoms with Gasteiger partial charge < -0.3 is 10.5 Å². The van der Waals surface area contributed by atoms with Gasteiger partial charge in [-0.1, -0.05) is 26.5 Å². The monoisotopic (exact) mass is 285 g/mol. The number of hydrogen-bond acceptors (Lipinski definition) is 5. The Morgan fingerprint density at radius 3 is 3.00 bits per heavy atom. The Morgan fingerprint density at radius 2 is 2.33 bits per heavy atom. The number of rotatable bonds is 3. The van der Waals surface area contributed by atoms with Crippen molar-refractivity contribution in [1.82, 2.24) is 9.59 Å². The molecule has 4 nitrogen and oxygen atoms in total. The predicted molar refractivity (Wildman–Crippen MR) is 62.8 cm³/mol. The van der Waals surface area contributed by atoms with E-state index in [-0.39, 0.29) is 0 Å². The third-order valence-corrected chi connectivity index (χ3v) is 2.85. The quantitative estimate of drug-likeness (QED) is 0.941. The summed E-state index contributed by atoms with van der Waals surface area (Å²) in [5, 5.41) is 4.46. The first kappa shape index (κ1) is 10.4. The second kappa shape index (κ2) is 4.59. The van der Waals surface area contributed by atoms with Crippen LogP contribution in [0.3, 0.4) is 0 Å². The first-order chi connectivity index (χ1) is 7.25. The highest BCUT2D eigenvalue weighted by Gasteiger charge is 2.04. The fraction of sp³-hybridized carbons (Fsp3) is 0.111. The molecule has 0 aliphatic rings. The first-order valence-electron chi connectivity index (χ1n) is 4.21. The zero-order valence-corrected chi connectivity index (χ0v) is 10.1. The molecule has 1 aromatic carbocycles. The van der Waals surface area contributed by atoms with E-state index in [1.165, 1.54) is 11.5 Å². The number of nitrogens with two attached hydrogens (primary N) is 1. The summed E-state index contributed by atoms with van der Waals surface area (Å²) in [6.07, 6.45) is 0. The molecule has 0 unspecified atom stereocenters. The van der Waals surface area contributed by atoms with E-state index < -0.39 is 0 Å². The maximum atomic E-state index is 5.64. The Balaban J connectivity index is 2.02. The molecule has 2 N–H and O–H groups in total. The van der Waals surface area contributed by atoms with Gasteiger partial charge in [0, 0.05) is 16.0 Å². The Labute approximate surface area is 99.4 Å². The van der Waals surface area contributed by atoms with Crippen LogP contribution in [0.4, 0.5) is 5.00 Å². The van der Waals surface area contributed by atoms with E-state index in [0.29, 0.717) is 17.3 Å². The zero-order valence-electron chi connectivity index (χ0n) is 7.68. The van der Waals surface area contributed by atoms with Crippen molar-refractivity contribution in [3.63, 3.8) is 0 Å². The molecule has 0 bridgehead atoms. The minimum atomic E-state index is 0.346. The molecule has 2 rings (SSSR count). The number of benzene rings is 1. The lowest BCUT2D eigenvalue weighted by Gasteiger charge is -2.04. The number of aromatic nitrogens is 2. The molecule has 6 heteroatoms. The van der Waals surface area contributed by atoms with Crippen LogP contribution in [-0.2, 0) is 6.61 Å². The molecule has 0 saturated carbocycles. The molecule has 0 amide bonds. The topological polar surface area (TPSA) is 61.0 Å². The molecule has 0 fully saturated rings. The Hall–Kier alpha value is -1.14. The van der Waals surface area contributed by atoms with E-state index in [1.807, 2.05) is 24.3 Å². The van der Waals surface area contributed by atoms with Gasteiger partial charge in [0.1, 0.15) is 23.1 Å². The molecule has 0 aliphatic carbocycles. The standard InChI is InChI=1S/C9H8BrN3OS/c10-6-2-1-3-7(4-6)14-5-8-9(11)15-13-12-8/h1-4H,5,11H2. The first-order valence-corrected chi connectivity index (χ1v) is 5.77. The lowest BCUT2D eigenvalue weighted by atomic mass is 10.3. The number of anilines is 1. The Bertz CT molecular complexity index is 460. The summed E-state index contributed by atoms with van der Waals surface area (Å²) in [6, 6.07) is 7.60. The zero-order chi connectivity index (χ0) is 10.7. The van der Waals surface area contributed by atoms with Crippen LogP contribution in [0.5, 0.6) is 5.75 Å². The second-order valence-electron chi connectivity index (χ2n) is 2.83. The summed E-state index contributed by atoms with van der Waals surface area (Å²) >= 11 is 4.53. The highest BCUT2D eigenvalue weighted by Crippen LogP contribution is 2.20. The SMILES string of the molecule is Nc1snnc1COc1cccc(Br)c1. The highest BCUT2D eigenvalue weighted by atomic mass is 79.9. The van der Waals surface area contributed by atoms with Gasteiger partial charge in [-0.15, -0.1) is 5.10 Å². The summed E-state index contributed by atoms with van der Waals surface area (Å²) in [7, 11) is 0. The largest absolute Gasteiger partial charge is 0.487 e. The van der Waals surface area contributed by atoms with Crippen LogP contribution in [0.2, 0.25) is 0 Å². The van der Waals surface area contributed by atoms with Crippen molar-refractivity contribution in [2.24, 2.45) is 0 Å². The van der Waals surface area contributed by atoms with Gasteiger partial charge in [-0.2, -0.15) is 0 Å². The summed E-state index contributed by atoms with van der Waals surface area (Å²) in [4.78, 5) is 0. The van der Waals surface area contributed by atoms with Gasteiger partial charge in [0.05, 0.1) is 0 Å². The van der Waals surface area contributed by atoms with E-state index in [1.54, 1.807) is 0 Å². The van der Waals surface area contributed by atoms with Crippen molar-refractivity contribution in [1.29, 1.82) is 0 Å². The number of hydrogen-bond donors (Lipinski definition) is 1. The van der Waals surface area contributed by atoms with Crippen LogP contribution in [0.25, 0.3) is 0 Å². The van der Waals surface area contributed by atoms with Crippen LogP contribution in [-0.4, -0.2) is 9.59 Å². The lowest BCUT2D eigenvalue weighted by Crippen LogP contribution is -1.98. The molecule has 1 aromatic heterocycles. The fourth-order valence-electron chi connectivity index (χ4n) is 1.02. The van der Waals surface area contributed by atoms with Crippen molar-refractivity contribution < 1.29 is 4.74 Å². The summed E-state index contributed by atoms with van der Waals surface area (Å²) in [6.45, 7) is 0.346. The third-order valence-electron chi connectivity index (χ3n) is 1.76. The average Bonchev–Trinajstić information content (AvgIpc) is 2.61. The van der Waals surface area contributed by atoms with E-state index in [0.717, 1.165) is 10.2 Å². The number of halogens is 1. The van der Waals surface area contributed by atoms with Crippen LogP contribution < -0.4 is 10.5 Å². The number of nitrogens with zero attached hydrogens (tertiary/aromatic N) is 2. The van der Waals surface area contributed by atoms with Gasteiger partial charge in [0.15, 0.2) is 0 Å². The molecule has 0 spiro atoms.